The van der Waals surface area contributed by atoms with E-state index in [-0.39, 0.29) is 18.4 Å². The lowest BCUT2D eigenvalue weighted by atomic mass is 10.1. The molecule has 0 radical (unpaired) electrons. The van der Waals surface area contributed by atoms with Crippen molar-refractivity contribution in [1.82, 2.24) is 14.8 Å². The van der Waals surface area contributed by atoms with Crippen molar-refractivity contribution >= 4 is 41.0 Å². The molecule has 1 fully saturated rings. The Morgan fingerprint density at radius 1 is 0.967 bits per heavy atom. The van der Waals surface area contributed by atoms with Crippen LogP contribution in [-0.2, 0) is 4.74 Å². The summed E-state index contributed by atoms with van der Waals surface area (Å²) in [5.74, 6) is -0.828. The minimum absolute atomic E-state index is 0.178. The Labute approximate surface area is 184 Å². The van der Waals surface area contributed by atoms with E-state index >= 15 is 0 Å². The summed E-state index contributed by atoms with van der Waals surface area (Å²) in [5, 5.41) is 0.796. The Bertz CT molecular complexity index is 974. The fourth-order valence-corrected chi connectivity index (χ4v) is 4.13. The summed E-state index contributed by atoms with van der Waals surface area (Å²) in [6, 6.07) is 4.73. The third-order valence-electron chi connectivity index (χ3n) is 5.09. The van der Waals surface area contributed by atoms with Crippen LogP contribution in [0.3, 0.4) is 0 Å². The van der Waals surface area contributed by atoms with Crippen LogP contribution in [0.5, 0.6) is 0 Å². The number of aromatic nitrogens is 1. The predicted molar refractivity (Wildman–Crippen MR) is 114 cm³/mol. The minimum Gasteiger partial charge on any atom is -0.462 e. The van der Waals surface area contributed by atoms with Gasteiger partial charge >= 0.3 is 5.97 Å². The number of nitrogens with one attached hydrogen (secondary N) is 1. The average molecular weight is 452 g/mol. The lowest BCUT2D eigenvalue weighted by Gasteiger charge is -2.34. The quantitative estimate of drug-likeness (QED) is 0.718. The average Bonchev–Trinajstić information content (AvgIpc) is 3.00. The number of aryl methyl sites for hydroxylation is 1. The van der Waals surface area contributed by atoms with Gasteiger partial charge in [-0.1, -0.05) is 23.2 Å². The molecule has 9 heteroatoms. The number of halogens is 2. The maximum Gasteiger partial charge on any atom is 0.340 e. The molecular formula is C21H23Cl2N3O4. The van der Waals surface area contributed by atoms with Crippen molar-refractivity contribution in [1.29, 1.82) is 0 Å². The molecule has 0 aliphatic carbocycles. The minimum atomic E-state index is -0.446. The first kappa shape index (κ1) is 22.2. The zero-order valence-corrected chi connectivity index (χ0v) is 18.6. The van der Waals surface area contributed by atoms with Gasteiger partial charge in [-0.05, 0) is 44.5 Å². The van der Waals surface area contributed by atoms with Crippen LogP contribution in [0.4, 0.5) is 0 Å². The summed E-state index contributed by atoms with van der Waals surface area (Å²) >= 11 is 12.0. The van der Waals surface area contributed by atoms with Crippen molar-refractivity contribution in [3.8, 4) is 0 Å². The van der Waals surface area contributed by atoms with E-state index in [2.05, 4.69) is 4.98 Å². The van der Waals surface area contributed by atoms with Gasteiger partial charge in [0.2, 0.25) is 0 Å². The summed E-state index contributed by atoms with van der Waals surface area (Å²) in [6.45, 7) is 7.00. The molecule has 1 aliphatic heterocycles. The molecule has 1 aromatic heterocycles. The van der Waals surface area contributed by atoms with Gasteiger partial charge in [0.25, 0.3) is 11.8 Å². The fourth-order valence-electron chi connectivity index (χ4n) is 3.60. The lowest BCUT2D eigenvalue weighted by Crippen LogP contribution is -2.50. The maximum atomic E-state index is 13.0. The number of esters is 1. The standard InChI is InChI=1S/C21H23Cl2N3O4/c1-4-30-21(29)17-12(2)18(24-13(17)3)20(28)26-7-5-25(6-8-26)19(27)14-9-15(22)11-16(23)10-14/h9-11,24H,4-8H2,1-3H3. The van der Waals surface area contributed by atoms with Gasteiger partial charge in [-0.15, -0.1) is 0 Å². The Balaban J connectivity index is 1.69. The van der Waals surface area contributed by atoms with Crippen LogP contribution < -0.4 is 0 Å². The van der Waals surface area contributed by atoms with Crippen LogP contribution in [-0.4, -0.2) is 65.4 Å². The summed E-state index contributed by atoms with van der Waals surface area (Å²) in [7, 11) is 0. The molecule has 160 valence electrons. The molecular weight excluding hydrogens is 429 g/mol. The monoisotopic (exact) mass is 451 g/mol. The Kier molecular flexibility index (Phi) is 6.73. The second kappa shape index (κ2) is 9.10. The van der Waals surface area contributed by atoms with Crippen molar-refractivity contribution in [2.75, 3.05) is 32.8 Å². The van der Waals surface area contributed by atoms with E-state index in [4.69, 9.17) is 27.9 Å². The summed E-state index contributed by atoms with van der Waals surface area (Å²) in [5.41, 5.74) is 2.36. The van der Waals surface area contributed by atoms with Crippen LogP contribution >= 0.6 is 23.2 Å². The number of amides is 2. The van der Waals surface area contributed by atoms with E-state index in [1.54, 1.807) is 48.8 Å². The first-order valence-electron chi connectivity index (χ1n) is 9.63. The second-order valence-electron chi connectivity index (χ2n) is 7.09. The molecule has 0 spiro atoms. The van der Waals surface area contributed by atoms with E-state index in [1.165, 1.54) is 0 Å². The van der Waals surface area contributed by atoms with Crippen molar-refractivity contribution in [2.45, 2.75) is 20.8 Å². The first-order chi connectivity index (χ1) is 14.2. The molecule has 0 bridgehead atoms. The van der Waals surface area contributed by atoms with Gasteiger partial charge in [0, 0.05) is 47.5 Å². The number of rotatable bonds is 4. The molecule has 1 aliphatic rings. The van der Waals surface area contributed by atoms with Gasteiger partial charge in [-0.25, -0.2) is 4.79 Å². The van der Waals surface area contributed by atoms with E-state index in [0.717, 1.165) is 0 Å². The number of piperazine rings is 1. The molecule has 2 amide bonds. The molecule has 0 saturated carbocycles. The molecule has 1 N–H and O–H groups in total. The molecule has 1 aromatic carbocycles. The molecule has 2 aromatic rings. The van der Waals surface area contributed by atoms with Crippen LogP contribution in [0, 0.1) is 13.8 Å². The Hall–Kier alpha value is -2.51. The maximum absolute atomic E-state index is 13.0. The number of aromatic amines is 1. The predicted octanol–water partition coefficient (Wildman–Crippen LogP) is 3.71. The number of carbonyl (C=O) groups excluding carboxylic acids is 3. The number of H-pyrrole nitrogens is 1. The van der Waals surface area contributed by atoms with Crippen molar-refractivity contribution in [3.63, 3.8) is 0 Å². The number of hydrogen-bond acceptors (Lipinski definition) is 4. The van der Waals surface area contributed by atoms with E-state index in [0.29, 0.717) is 64.3 Å². The van der Waals surface area contributed by atoms with E-state index in [9.17, 15) is 14.4 Å². The van der Waals surface area contributed by atoms with Crippen molar-refractivity contribution < 1.29 is 19.1 Å². The molecule has 1 saturated heterocycles. The Morgan fingerprint density at radius 2 is 1.50 bits per heavy atom. The third-order valence-corrected chi connectivity index (χ3v) is 5.53. The SMILES string of the molecule is CCOC(=O)c1c(C)[nH]c(C(=O)N2CCN(C(=O)c3cc(Cl)cc(Cl)c3)CC2)c1C. The third kappa shape index (κ3) is 4.47. The normalized spacial score (nSPS) is 14.0. The zero-order valence-electron chi connectivity index (χ0n) is 17.1. The van der Waals surface area contributed by atoms with E-state index in [1.807, 2.05) is 0 Å². The van der Waals surface area contributed by atoms with E-state index < -0.39 is 5.97 Å². The summed E-state index contributed by atoms with van der Waals surface area (Å²) < 4.78 is 5.08. The van der Waals surface area contributed by atoms with Gasteiger partial charge in [-0.2, -0.15) is 0 Å². The van der Waals surface area contributed by atoms with Gasteiger partial charge < -0.3 is 19.5 Å². The number of hydrogen-bond donors (Lipinski definition) is 1. The molecule has 0 atom stereocenters. The topological polar surface area (TPSA) is 82.7 Å². The first-order valence-corrected chi connectivity index (χ1v) is 10.4. The van der Waals surface area contributed by atoms with Crippen LogP contribution in [0.15, 0.2) is 18.2 Å². The highest BCUT2D eigenvalue weighted by atomic mass is 35.5. The summed E-state index contributed by atoms with van der Waals surface area (Å²) in [4.78, 5) is 44.3. The molecule has 2 heterocycles. The number of ether oxygens (including phenoxy) is 1. The smallest absolute Gasteiger partial charge is 0.340 e. The molecule has 7 nitrogen and oxygen atoms in total. The number of benzene rings is 1. The fraction of sp³-hybridized carbons (Fsp3) is 0.381. The zero-order chi connectivity index (χ0) is 22.0. The highest BCUT2D eigenvalue weighted by Gasteiger charge is 2.29. The van der Waals surface area contributed by atoms with Gasteiger partial charge in [-0.3, -0.25) is 9.59 Å². The van der Waals surface area contributed by atoms with Gasteiger partial charge in [0.15, 0.2) is 0 Å². The van der Waals surface area contributed by atoms with Crippen LogP contribution in [0.2, 0.25) is 10.0 Å². The number of carbonyl (C=O) groups is 3. The Morgan fingerprint density at radius 3 is 2.03 bits per heavy atom. The van der Waals surface area contributed by atoms with Crippen molar-refractivity contribution in [2.24, 2.45) is 0 Å². The van der Waals surface area contributed by atoms with Crippen LogP contribution in [0.25, 0.3) is 0 Å². The number of nitrogens with zero attached hydrogens (tertiary/aromatic N) is 2. The molecule has 3 rings (SSSR count). The van der Waals surface area contributed by atoms with Crippen molar-refractivity contribution in [3.05, 3.63) is 56.3 Å². The largest absolute Gasteiger partial charge is 0.462 e. The lowest BCUT2D eigenvalue weighted by molar-refractivity contribution is 0.0522. The van der Waals surface area contributed by atoms with Gasteiger partial charge in [0.1, 0.15) is 5.69 Å². The summed E-state index contributed by atoms with van der Waals surface area (Å²) in [6.07, 6.45) is 0. The van der Waals surface area contributed by atoms with Gasteiger partial charge in [0.05, 0.1) is 12.2 Å². The highest BCUT2D eigenvalue weighted by Crippen LogP contribution is 2.23. The molecule has 30 heavy (non-hydrogen) atoms. The highest BCUT2D eigenvalue weighted by molar-refractivity contribution is 6.35. The second-order valence-corrected chi connectivity index (χ2v) is 7.96. The molecule has 0 unspecified atom stereocenters. The van der Waals surface area contributed by atoms with Crippen LogP contribution in [0.1, 0.15) is 49.4 Å².